The molecule has 7 heteroatoms. The number of aromatic nitrogens is 1. The fourth-order valence-electron chi connectivity index (χ4n) is 1.16. The number of carbonyl (C=O) groups excluding carboxylic acids is 1. The second kappa shape index (κ2) is 4.91. The number of nitrogens with zero attached hydrogens (tertiary/aromatic N) is 1. The smallest absolute Gasteiger partial charge is 0.268 e. The normalized spacial score (nSPS) is 10.6. The molecule has 0 aliphatic carbocycles. The van der Waals surface area contributed by atoms with Crippen molar-refractivity contribution < 1.29 is 9.32 Å². The number of hydrogen-bond acceptors (Lipinski definition) is 4. The summed E-state index contributed by atoms with van der Waals surface area (Å²) >= 11 is 8.03. The van der Waals surface area contributed by atoms with Gasteiger partial charge in [0.25, 0.3) is 5.91 Å². The van der Waals surface area contributed by atoms with E-state index in [4.69, 9.17) is 4.52 Å². The summed E-state index contributed by atoms with van der Waals surface area (Å²) in [6.45, 7) is 3.68. The molecule has 90 valence electrons. The highest BCUT2D eigenvalue weighted by Gasteiger charge is 2.16. The van der Waals surface area contributed by atoms with E-state index >= 15 is 0 Å². The Hall–Kier alpha value is -0.660. The molecule has 0 radical (unpaired) electrons. The van der Waals surface area contributed by atoms with Gasteiger partial charge in [-0.3, -0.25) is 10.1 Å². The second-order valence-electron chi connectivity index (χ2n) is 3.41. The third-order valence-electron chi connectivity index (χ3n) is 2.25. The van der Waals surface area contributed by atoms with E-state index in [2.05, 4.69) is 42.3 Å². The van der Waals surface area contributed by atoms with Crippen LogP contribution in [0.5, 0.6) is 0 Å². The SMILES string of the molecule is Cc1noc(NC(=O)c2cc(Br)c(Br)s2)c1C. The first-order valence-corrected chi connectivity index (χ1v) is 7.08. The van der Waals surface area contributed by atoms with Crippen molar-refractivity contribution in [2.24, 2.45) is 0 Å². The van der Waals surface area contributed by atoms with Crippen molar-refractivity contribution in [2.45, 2.75) is 13.8 Å². The number of nitrogens with one attached hydrogen (secondary N) is 1. The summed E-state index contributed by atoms with van der Waals surface area (Å²) in [5, 5.41) is 6.47. The lowest BCUT2D eigenvalue weighted by Gasteiger charge is -1.98. The van der Waals surface area contributed by atoms with E-state index in [1.165, 1.54) is 11.3 Å². The zero-order valence-corrected chi connectivity index (χ0v) is 13.0. The highest BCUT2D eigenvalue weighted by molar-refractivity contribution is 9.13. The van der Waals surface area contributed by atoms with Gasteiger partial charge in [0, 0.05) is 10.0 Å². The van der Waals surface area contributed by atoms with Gasteiger partial charge in [-0.05, 0) is 51.8 Å². The van der Waals surface area contributed by atoms with E-state index in [1.807, 2.05) is 13.8 Å². The highest BCUT2D eigenvalue weighted by atomic mass is 79.9. The number of hydrogen-bond donors (Lipinski definition) is 1. The number of aryl methyl sites for hydroxylation is 1. The molecule has 0 spiro atoms. The number of rotatable bonds is 2. The third-order valence-corrected chi connectivity index (χ3v) is 5.51. The molecule has 0 aliphatic heterocycles. The minimum Gasteiger partial charge on any atom is -0.338 e. The third kappa shape index (κ3) is 2.61. The lowest BCUT2D eigenvalue weighted by molar-refractivity contribution is 0.102. The standard InChI is InChI=1S/C10H8Br2N2O2S/c1-4-5(2)14-16-10(4)13-9(15)7-3-6(11)8(12)17-7/h3H,1-2H3,(H,13,15). The van der Waals surface area contributed by atoms with Gasteiger partial charge in [-0.15, -0.1) is 11.3 Å². The van der Waals surface area contributed by atoms with Crippen LogP contribution in [-0.4, -0.2) is 11.1 Å². The average molecular weight is 380 g/mol. The quantitative estimate of drug-likeness (QED) is 0.853. The zero-order chi connectivity index (χ0) is 12.6. The Labute approximate surface area is 119 Å². The summed E-state index contributed by atoms with van der Waals surface area (Å²) in [4.78, 5) is 12.5. The summed E-state index contributed by atoms with van der Waals surface area (Å²) in [7, 11) is 0. The van der Waals surface area contributed by atoms with Crippen molar-refractivity contribution in [1.29, 1.82) is 0 Å². The molecule has 2 rings (SSSR count). The first kappa shape index (κ1) is 12.8. The van der Waals surface area contributed by atoms with E-state index < -0.39 is 0 Å². The van der Waals surface area contributed by atoms with E-state index in [0.29, 0.717) is 10.8 Å². The predicted octanol–water partition coefficient (Wildman–Crippen LogP) is 4.13. The largest absolute Gasteiger partial charge is 0.338 e. The zero-order valence-electron chi connectivity index (χ0n) is 9.01. The van der Waals surface area contributed by atoms with Gasteiger partial charge >= 0.3 is 0 Å². The molecule has 0 saturated heterocycles. The molecular weight excluding hydrogens is 372 g/mol. The first-order chi connectivity index (χ1) is 7.99. The van der Waals surface area contributed by atoms with Crippen molar-refractivity contribution in [1.82, 2.24) is 5.16 Å². The van der Waals surface area contributed by atoms with Crippen molar-refractivity contribution in [3.63, 3.8) is 0 Å². The van der Waals surface area contributed by atoms with E-state index in [9.17, 15) is 4.79 Å². The second-order valence-corrected chi connectivity index (χ2v) is 6.63. The molecule has 0 fully saturated rings. The van der Waals surface area contributed by atoms with Gasteiger partial charge in [-0.2, -0.15) is 0 Å². The van der Waals surface area contributed by atoms with Crippen LogP contribution in [0.4, 0.5) is 5.88 Å². The Morgan fingerprint density at radius 1 is 1.47 bits per heavy atom. The van der Waals surface area contributed by atoms with Crippen LogP contribution in [-0.2, 0) is 0 Å². The lowest BCUT2D eigenvalue weighted by atomic mass is 10.3. The molecule has 2 aromatic heterocycles. The summed E-state index contributed by atoms with van der Waals surface area (Å²) in [5.74, 6) is 0.189. The summed E-state index contributed by atoms with van der Waals surface area (Å²) in [6.07, 6.45) is 0. The summed E-state index contributed by atoms with van der Waals surface area (Å²) < 4.78 is 6.77. The number of thiophene rings is 1. The maximum absolute atomic E-state index is 11.9. The van der Waals surface area contributed by atoms with Gasteiger partial charge in [0.05, 0.1) is 14.4 Å². The van der Waals surface area contributed by atoms with Gasteiger partial charge < -0.3 is 4.52 Å². The monoisotopic (exact) mass is 378 g/mol. The van der Waals surface area contributed by atoms with Gasteiger partial charge in [0.2, 0.25) is 5.88 Å². The van der Waals surface area contributed by atoms with Gasteiger partial charge in [-0.25, -0.2) is 0 Å². The number of amides is 1. The Kier molecular flexibility index (Phi) is 3.70. The molecule has 4 nitrogen and oxygen atoms in total. The first-order valence-electron chi connectivity index (χ1n) is 4.68. The molecule has 0 unspecified atom stereocenters. The molecule has 17 heavy (non-hydrogen) atoms. The van der Waals surface area contributed by atoms with Crippen LogP contribution in [0.1, 0.15) is 20.9 Å². The number of anilines is 1. The minimum atomic E-state index is -0.208. The lowest BCUT2D eigenvalue weighted by Crippen LogP contribution is -2.10. The molecule has 0 atom stereocenters. The molecule has 0 aromatic carbocycles. The maximum Gasteiger partial charge on any atom is 0.268 e. The number of halogens is 2. The van der Waals surface area contributed by atoms with Crippen molar-refractivity contribution >= 4 is 55.0 Å². The van der Waals surface area contributed by atoms with E-state index in [-0.39, 0.29) is 5.91 Å². The highest BCUT2D eigenvalue weighted by Crippen LogP contribution is 2.32. The van der Waals surface area contributed by atoms with Crippen LogP contribution in [0.15, 0.2) is 18.8 Å². The van der Waals surface area contributed by atoms with Crippen molar-refractivity contribution in [2.75, 3.05) is 5.32 Å². The molecule has 1 N–H and O–H groups in total. The molecule has 1 amide bonds. The Balaban J connectivity index is 2.20. The molecule has 0 saturated carbocycles. The van der Waals surface area contributed by atoms with Gasteiger partial charge in [-0.1, -0.05) is 5.16 Å². The van der Waals surface area contributed by atoms with Crippen molar-refractivity contribution in [3.8, 4) is 0 Å². The number of carbonyl (C=O) groups is 1. The molecule has 2 aromatic rings. The van der Waals surface area contributed by atoms with Crippen LogP contribution in [0.2, 0.25) is 0 Å². The van der Waals surface area contributed by atoms with Crippen LogP contribution in [0.25, 0.3) is 0 Å². The minimum absolute atomic E-state index is 0.208. The van der Waals surface area contributed by atoms with E-state index in [1.54, 1.807) is 6.07 Å². The van der Waals surface area contributed by atoms with Gasteiger partial charge in [0.1, 0.15) is 0 Å². The van der Waals surface area contributed by atoms with Crippen molar-refractivity contribution in [3.05, 3.63) is 30.5 Å². The van der Waals surface area contributed by atoms with Crippen LogP contribution in [0, 0.1) is 13.8 Å². The Morgan fingerprint density at radius 3 is 2.65 bits per heavy atom. The molecule has 2 heterocycles. The Bertz CT molecular complexity index is 557. The summed E-state index contributed by atoms with van der Waals surface area (Å²) in [6, 6.07) is 1.75. The van der Waals surface area contributed by atoms with Crippen LogP contribution < -0.4 is 5.32 Å². The fourth-order valence-corrected chi connectivity index (χ4v) is 3.09. The van der Waals surface area contributed by atoms with Crippen LogP contribution >= 0.6 is 43.2 Å². The van der Waals surface area contributed by atoms with Gasteiger partial charge in [0.15, 0.2) is 0 Å². The predicted molar refractivity (Wildman–Crippen MR) is 73.6 cm³/mol. The van der Waals surface area contributed by atoms with Crippen LogP contribution in [0.3, 0.4) is 0 Å². The topological polar surface area (TPSA) is 55.1 Å². The average Bonchev–Trinajstić information content (AvgIpc) is 2.77. The molecular formula is C10H8Br2N2O2S. The fraction of sp³-hybridized carbons (Fsp3) is 0.200. The summed E-state index contributed by atoms with van der Waals surface area (Å²) in [5.41, 5.74) is 1.61. The molecule has 0 aliphatic rings. The van der Waals surface area contributed by atoms with E-state index in [0.717, 1.165) is 19.5 Å². The maximum atomic E-state index is 11.9. The molecule has 0 bridgehead atoms. The Morgan fingerprint density at radius 2 is 2.18 bits per heavy atom.